The van der Waals surface area contributed by atoms with Crippen molar-refractivity contribution in [3.05, 3.63) is 17.0 Å². The highest BCUT2D eigenvalue weighted by Crippen LogP contribution is 2.28. The summed E-state index contributed by atoms with van der Waals surface area (Å²) in [5.41, 5.74) is 3.11. The Labute approximate surface area is 101 Å². The smallest absolute Gasteiger partial charge is 0.361 e. The molecule has 102 valence electrons. The summed E-state index contributed by atoms with van der Waals surface area (Å²) in [6.07, 6.45) is -4.81. The average molecular weight is 265 g/mol. The van der Waals surface area contributed by atoms with Crippen molar-refractivity contribution in [2.75, 3.05) is 0 Å². The molecule has 1 aromatic heterocycles. The van der Waals surface area contributed by atoms with Gasteiger partial charge in [-0.1, -0.05) is 5.16 Å². The number of nitrogens with zero attached hydrogens (tertiary/aromatic N) is 1. The summed E-state index contributed by atoms with van der Waals surface area (Å²) in [7, 11) is 0. The zero-order chi connectivity index (χ0) is 14.1. The van der Waals surface area contributed by atoms with Crippen molar-refractivity contribution in [1.82, 2.24) is 10.5 Å². The Balaban J connectivity index is 2.74. The summed E-state index contributed by atoms with van der Waals surface area (Å²) in [4.78, 5) is 11.4. The van der Waals surface area contributed by atoms with E-state index in [2.05, 4.69) is 10.5 Å². The maximum absolute atomic E-state index is 12.5. The lowest BCUT2D eigenvalue weighted by atomic mass is 10.0. The standard InChI is InChI=1S/C10H14F3N3O2/c1-5-7(6(2)18-16-5)4-15-8(17)9(3,14)10(11,12)13/h4,14H2,1-3H3,(H,15,17). The van der Waals surface area contributed by atoms with Crippen molar-refractivity contribution >= 4 is 5.91 Å². The zero-order valence-corrected chi connectivity index (χ0v) is 10.2. The number of carbonyl (C=O) groups excluding carboxylic acids is 1. The predicted octanol–water partition coefficient (Wildman–Crippen LogP) is 1.19. The number of amides is 1. The molecular weight excluding hydrogens is 251 g/mol. The molecule has 1 amide bonds. The van der Waals surface area contributed by atoms with Crippen LogP contribution in [0, 0.1) is 13.8 Å². The summed E-state index contributed by atoms with van der Waals surface area (Å²) < 4.78 is 42.3. The van der Waals surface area contributed by atoms with Crippen LogP contribution >= 0.6 is 0 Å². The maximum atomic E-state index is 12.5. The van der Waals surface area contributed by atoms with Gasteiger partial charge in [0.05, 0.1) is 5.69 Å². The van der Waals surface area contributed by atoms with Gasteiger partial charge in [-0.3, -0.25) is 4.79 Å². The van der Waals surface area contributed by atoms with Crippen molar-refractivity contribution in [2.45, 2.75) is 39.0 Å². The quantitative estimate of drug-likeness (QED) is 0.860. The largest absolute Gasteiger partial charge is 0.415 e. The van der Waals surface area contributed by atoms with E-state index in [0.717, 1.165) is 0 Å². The van der Waals surface area contributed by atoms with Gasteiger partial charge in [0, 0.05) is 12.1 Å². The van der Waals surface area contributed by atoms with Crippen molar-refractivity contribution in [3.8, 4) is 0 Å². The van der Waals surface area contributed by atoms with Gasteiger partial charge in [0.1, 0.15) is 5.76 Å². The van der Waals surface area contributed by atoms with Gasteiger partial charge < -0.3 is 15.6 Å². The number of aromatic nitrogens is 1. The lowest BCUT2D eigenvalue weighted by Crippen LogP contribution is -2.61. The molecule has 1 unspecified atom stereocenters. The van der Waals surface area contributed by atoms with Crippen molar-refractivity contribution in [1.29, 1.82) is 0 Å². The fraction of sp³-hybridized carbons (Fsp3) is 0.600. The molecule has 0 saturated carbocycles. The van der Waals surface area contributed by atoms with Crippen LogP contribution in [0.5, 0.6) is 0 Å². The van der Waals surface area contributed by atoms with Gasteiger partial charge in [-0.25, -0.2) is 0 Å². The number of aryl methyl sites for hydroxylation is 2. The van der Waals surface area contributed by atoms with Crippen molar-refractivity contribution in [3.63, 3.8) is 0 Å². The van der Waals surface area contributed by atoms with Crippen LogP contribution in [0.3, 0.4) is 0 Å². The normalized spacial score (nSPS) is 15.3. The van der Waals surface area contributed by atoms with E-state index >= 15 is 0 Å². The first kappa shape index (κ1) is 14.5. The van der Waals surface area contributed by atoms with E-state index in [1.807, 2.05) is 0 Å². The van der Waals surface area contributed by atoms with Gasteiger partial charge in [0.2, 0.25) is 5.91 Å². The van der Waals surface area contributed by atoms with E-state index in [4.69, 9.17) is 10.3 Å². The number of rotatable bonds is 3. The molecule has 0 spiro atoms. The summed E-state index contributed by atoms with van der Waals surface area (Å²) in [5.74, 6) is -0.853. The van der Waals surface area contributed by atoms with E-state index in [0.29, 0.717) is 23.9 Å². The molecule has 0 aromatic carbocycles. The van der Waals surface area contributed by atoms with Gasteiger partial charge in [-0.05, 0) is 20.8 Å². The monoisotopic (exact) mass is 265 g/mol. The number of nitrogens with one attached hydrogen (secondary N) is 1. The van der Waals surface area contributed by atoms with E-state index in [1.54, 1.807) is 13.8 Å². The molecule has 0 aliphatic heterocycles. The number of alkyl halides is 3. The molecule has 3 N–H and O–H groups in total. The van der Waals surface area contributed by atoms with Gasteiger partial charge in [0.25, 0.3) is 0 Å². The third-order valence-corrected chi connectivity index (χ3v) is 2.67. The van der Waals surface area contributed by atoms with Crippen LogP contribution in [-0.2, 0) is 11.3 Å². The van der Waals surface area contributed by atoms with Crippen molar-refractivity contribution < 1.29 is 22.5 Å². The zero-order valence-electron chi connectivity index (χ0n) is 10.2. The number of hydrogen-bond donors (Lipinski definition) is 2. The van der Waals surface area contributed by atoms with E-state index in [-0.39, 0.29) is 6.54 Å². The molecule has 1 aromatic rings. The highest BCUT2D eigenvalue weighted by molar-refractivity contribution is 5.86. The first-order valence-corrected chi connectivity index (χ1v) is 5.13. The summed E-state index contributed by atoms with van der Waals surface area (Å²) >= 11 is 0. The molecule has 18 heavy (non-hydrogen) atoms. The Kier molecular flexibility index (Phi) is 3.70. The fourth-order valence-electron chi connectivity index (χ4n) is 1.24. The number of carbonyl (C=O) groups is 1. The molecule has 1 atom stereocenters. The molecule has 0 aliphatic carbocycles. The van der Waals surface area contributed by atoms with Gasteiger partial charge in [-0.15, -0.1) is 0 Å². The average Bonchev–Trinajstić information content (AvgIpc) is 2.54. The highest BCUT2D eigenvalue weighted by atomic mass is 19.4. The van der Waals surface area contributed by atoms with Crippen LogP contribution in [-0.4, -0.2) is 22.8 Å². The molecule has 0 fully saturated rings. The van der Waals surface area contributed by atoms with Crippen LogP contribution < -0.4 is 11.1 Å². The third kappa shape index (κ3) is 2.63. The molecule has 0 saturated heterocycles. The Bertz CT molecular complexity index is 432. The van der Waals surface area contributed by atoms with E-state index < -0.39 is 17.6 Å². The Morgan fingerprint density at radius 1 is 1.44 bits per heavy atom. The molecule has 0 aliphatic rings. The lowest BCUT2D eigenvalue weighted by molar-refractivity contribution is -0.187. The Morgan fingerprint density at radius 3 is 2.39 bits per heavy atom. The molecule has 8 heteroatoms. The molecular formula is C10H14F3N3O2. The first-order valence-electron chi connectivity index (χ1n) is 5.13. The minimum absolute atomic E-state index is 0.108. The van der Waals surface area contributed by atoms with Crippen LogP contribution in [0.2, 0.25) is 0 Å². The van der Waals surface area contributed by atoms with E-state index in [1.165, 1.54) is 0 Å². The second-order valence-electron chi connectivity index (χ2n) is 4.19. The fourth-order valence-corrected chi connectivity index (χ4v) is 1.24. The SMILES string of the molecule is Cc1noc(C)c1CNC(=O)C(C)(N)C(F)(F)F. The Hall–Kier alpha value is -1.57. The van der Waals surface area contributed by atoms with Crippen LogP contribution in [0.15, 0.2) is 4.52 Å². The van der Waals surface area contributed by atoms with Crippen molar-refractivity contribution in [2.24, 2.45) is 5.73 Å². The van der Waals surface area contributed by atoms with Gasteiger partial charge in [-0.2, -0.15) is 13.2 Å². The summed E-state index contributed by atoms with van der Waals surface area (Å²) in [6.45, 7) is 3.74. The molecule has 1 heterocycles. The topological polar surface area (TPSA) is 81.2 Å². The second-order valence-corrected chi connectivity index (χ2v) is 4.19. The minimum Gasteiger partial charge on any atom is -0.361 e. The molecule has 0 radical (unpaired) electrons. The molecule has 5 nitrogen and oxygen atoms in total. The molecule has 0 bridgehead atoms. The van der Waals surface area contributed by atoms with Crippen LogP contribution in [0.4, 0.5) is 13.2 Å². The lowest BCUT2D eigenvalue weighted by Gasteiger charge is -2.26. The van der Waals surface area contributed by atoms with E-state index in [9.17, 15) is 18.0 Å². The Morgan fingerprint density at radius 2 is 2.00 bits per heavy atom. The van der Waals surface area contributed by atoms with Gasteiger partial charge >= 0.3 is 6.18 Å². The maximum Gasteiger partial charge on any atom is 0.415 e. The summed E-state index contributed by atoms with van der Waals surface area (Å²) in [5, 5.41) is 5.75. The van der Waals surface area contributed by atoms with Crippen LogP contribution in [0.1, 0.15) is 23.9 Å². The predicted molar refractivity (Wildman–Crippen MR) is 56.5 cm³/mol. The second kappa shape index (κ2) is 4.60. The number of hydrogen-bond acceptors (Lipinski definition) is 4. The minimum atomic E-state index is -4.81. The van der Waals surface area contributed by atoms with Crippen LogP contribution in [0.25, 0.3) is 0 Å². The first-order chi connectivity index (χ1) is 8.07. The van der Waals surface area contributed by atoms with Gasteiger partial charge in [0.15, 0.2) is 5.54 Å². The number of nitrogens with two attached hydrogens (primary N) is 1. The third-order valence-electron chi connectivity index (χ3n) is 2.67. The molecule has 1 rings (SSSR count). The summed E-state index contributed by atoms with van der Waals surface area (Å²) in [6, 6.07) is 0. The number of halogens is 3. The highest BCUT2D eigenvalue weighted by Gasteiger charge is 2.53.